The number of nitrogens with zero attached hydrogens (tertiary/aromatic N) is 4. The first-order valence-corrected chi connectivity index (χ1v) is 10.5. The van der Waals surface area contributed by atoms with Crippen LogP contribution < -0.4 is 15.8 Å². The molecule has 1 N–H and O–H groups in total. The highest BCUT2D eigenvalue weighted by molar-refractivity contribution is 5.83. The fourth-order valence-corrected chi connectivity index (χ4v) is 3.81. The second-order valence-corrected chi connectivity index (χ2v) is 8.10. The molecule has 32 heavy (non-hydrogen) atoms. The summed E-state index contributed by atoms with van der Waals surface area (Å²) >= 11 is 0. The summed E-state index contributed by atoms with van der Waals surface area (Å²) in [6, 6.07) is 17.8. The van der Waals surface area contributed by atoms with Crippen molar-refractivity contribution in [3.05, 3.63) is 88.1 Å². The van der Waals surface area contributed by atoms with Gasteiger partial charge in [-0.25, -0.2) is 4.98 Å². The first kappa shape index (κ1) is 21.4. The van der Waals surface area contributed by atoms with E-state index in [4.69, 9.17) is 0 Å². The zero-order valence-corrected chi connectivity index (χ0v) is 18.8. The van der Waals surface area contributed by atoms with Crippen LogP contribution in [-0.4, -0.2) is 34.1 Å². The number of carbonyl (C=O) groups is 1. The van der Waals surface area contributed by atoms with Crippen LogP contribution in [0.25, 0.3) is 16.7 Å². The van der Waals surface area contributed by atoms with Gasteiger partial charge in [0.15, 0.2) is 5.65 Å². The summed E-state index contributed by atoms with van der Waals surface area (Å²) in [5.74, 6) is -0.234. The largest absolute Gasteiger partial charge is 0.378 e. The Labute approximate surface area is 186 Å². The van der Waals surface area contributed by atoms with Gasteiger partial charge in [0.25, 0.3) is 5.56 Å². The zero-order chi connectivity index (χ0) is 22.8. The SMILES string of the molecule is Cc1c(C)n(-c2ccccc2)c2ncn(CC(=O)NCc3ccc(N(C)C)cc3)c(=O)c12. The summed E-state index contributed by atoms with van der Waals surface area (Å²) in [5.41, 5.74) is 5.27. The van der Waals surface area contributed by atoms with E-state index < -0.39 is 0 Å². The van der Waals surface area contributed by atoms with Crippen molar-refractivity contribution in [2.45, 2.75) is 26.9 Å². The topological polar surface area (TPSA) is 72.2 Å². The number of aryl methyl sites for hydroxylation is 1. The Morgan fingerprint density at radius 1 is 1.03 bits per heavy atom. The van der Waals surface area contributed by atoms with E-state index in [0.29, 0.717) is 17.6 Å². The lowest BCUT2D eigenvalue weighted by Crippen LogP contribution is -2.32. The van der Waals surface area contributed by atoms with E-state index >= 15 is 0 Å². The molecule has 4 aromatic rings. The Bertz CT molecular complexity index is 1320. The van der Waals surface area contributed by atoms with Gasteiger partial charge in [-0.15, -0.1) is 0 Å². The molecule has 164 valence electrons. The third kappa shape index (κ3) is 4.01. The third-order valence-corrected chi connectivity index (χ3v) is 5.75. The van der Waals surface area contributed by atoms with Crippen molar-refractivity contribution in [2.24, 2.45) is 0 Å². The number of aromatic nitrogens is 3. The molecular formula is C25H27N5O2. The molecule has 2 aromatic carbocycles. The molecule has 1 amide bonds. The van der Waals surface area contributed by atoms with Crippen molar-refractivity contribution in [3.63, 3.8) is 0 Å². The predicted octanol–water partition coefficient (Wildman–Crippen LogP) is 3.19. The predicted molar refractivity (Wildman–Crippen MR) is 127 cm³/mol. The second-order valence-electron chi connectivity index (χ2n) is 8.10. The van der Waals surface area contributed by atoms with E-state index in [1.165, 1.54) is 10.9 Å². The molecule has 0 aliphatic carbocycles. The monoisotopic (exact) mass is 429 g/mol. The standard InChI is InChI=1S/C25H27N5O2/c1-17-18(2)30(21-8-6-5-7-9-21)24-23(17)25(32)29(16-27-24)15-22(31)26-14-19-10-12-20(13-11-19)28(3)4/h5-13,16H,14-15H2,1-4H3,(H,26,31). The van der Waals surface area contributed by atoms with Crippen molar-refractivity contribution in [1.82, 2.24) is 19.4 Å². The highest BCUT2D eigenvalue weighted by atomic mass is 16.2. The van der Waals surface area contributed by atoms with Crippen LogP contribution in [0.15, 0.2) is 65.7 Å². The van der Waals surface area contributed by atoms with Crippen molar-refractivity contribution in [1.29, 1.82) is 0 Å². The van der Waals surface area contributed by atoms with Gasteiger partial charge in [0.2, 0.25) is 5.91 Å². The fraction of sp³-hybridized carbons (Fsp3) is 0.240. The van der Waals surface area contributed by atoms with Crippen LogP contribution in [0.3, 0.4) is 0 Å². The minimum Gasteiger partial charge on any atom is -0.378 e. The molecule has 7 heteroatoms. The molecule has 0 aliphatic rings. The van der Waals surface area contributed by atoms with E-state index in [1.54, 1.807) is 0 Å². The molecule has 0 saturated carbocycles. The highest BCUT2D eigenvalue weighted by Gasteiger charge is 2.18. The maximum Gasteiger partial charge on any atom is 0.263 e. The average molecular weight is 430 g/mol. The van der Waals surface area contributed by atoms with E-state index in [1.807, 2.05) is 92.0 Å². The summed E-state index contributed by atoms with van der Waals surface area (Å²) in [7, 11) is 3.97. The molecule has 0 radical (unpaired) electrons. The van der Waals surface area contributed by atoms with E-state index in [-0.39, 0.29) is 18.0 Å². The first-order valence-electron chi connectivity index (χ1n) is 10.5. The molecule has 4 rings (SSSR count). The number of amides is 1. The molecule has 0 fully saturated rings. The quantitative estimate of drug-likeness (QED) is 0.511. The van der Waals surface area contributed by atoms with Crippen LogP contribution in [0.1, 0.15) is 16.8 Å². The number of para-hydroxylation sites is 1. The number of hydrogen-bond donors (Lipinski definition) is 1. The van der Waals surface area contributed by atoms with Gasteiger partial charge in [0, 0.05) is 37.7 Å². The van der Waals surface area contributed by atoms with E-state index in [0.717, 1.165) is 28.2 Å². The fourth-order valence-electron chi connectivity index (χ4n) is 3.81. The lowest BCUT2D eigenvalue weighted by Gasteiger charge is -2.13. The smallest absolute Gasteiger partial charge is 0.263 e. The molecule has 2 heterocycles. The van der Waals surface area contributed by atoms with Crippen LogP contribution in [-0.2, 0) is 17.9 Å². The molecular weight excluding hydrogens is 402 g/mol. The van der Waals surface area contributed by atoms with Gasteiger partial charge in [-0.05, 0) is 49.2 Å². The lowest BCUT2D eigenvalue weighted by atomic mass is 10.2. The summed E-state index contributed by atoms with van der Waals surface area (Å²) in [6.45, 7) is 4.22. The molecule has 0 aliphatic heterocycles. The van der Waals surface area contributed by atoms with Crippen LogP contribution in [0.5, 0.6) is 0 Å². The Balaban J connectivity index is 1.55. The minimum absolute atomic E-state index is 0.0768. The Morgan fingerprint density at radius 3 is 2.38 bits per heavy atom. The number of nitrogens with one attached hydrogen (secondary N) is 1. The Hall–Kier alpha value is -3.87. The second kappa shape index (κ2) is 8.70. The van der Waals surface area contributed by atoms with Crippen LogP contribution in [0, 0.1) is 13.8 Å². The zero-order valence-electron chi connectivity index (χ0n) is 18.8. The molecule has 0 saturated heterocycles. The third-order valence-electron chi connectivity index (χ3n) is 5.75. The summed E-state index contributed by atoms with van der Waals surface area (Å²) in [4.78, 5) is 32.3. The van der Waals surface area contributed by atoms with Gasteiger partial charge in [0.1, 0.15) is 12.9 Å². The van der Waals surface area contributed by atoms with Crippen LogP contribution in [0.4, 0.5) is 5.69 Å². The molecule has 0 unspecified atom stereocenters. The maximum atomic E-state index is 13.2. The Morgan fingerprint density at radius 2 is 1.72 bits per heavy atom. The summed E-state index contributed by atoms with van der Waals surface area (Å²) in [5, 5.41) is 3.43. The van der Waals surface area contributed by atoms with Gasteiger partial charge in [0.05, 0.1) is 5.39 Å². The average Bonchev–Trinajstić information content (AvgIpc) is 3.05. The van der Waals surface area contributed by atoms with Gasteiger partial charge in [-0.1, -0.05) is 30.3 Å². The van der Waals surface area contributed by atoms with Gasteiger partial charge in [-0.2, -0.15) is 0 Å². The van der Waals surface area contributed by atoms with Crippen molar-refractivity contribution >= 4 is 22.6 Å². The van der Waals surface area contributed by atoms with Crippen LogP contribution >= 0.6 is 0 Å². The molecule has 0 atom stereocenters. The summed E-state index contributed by atoms with van der Waals surface area (Å²) < 4.78 is 3.35. The van der Waals surface area contributed by atoms with Gasteiger partial charge < -0.3 is 10.2 Å². The summed E-state index contributed by atoms with van der Waals surface area (Å²) in [6.07, 6.45) is 1.45. The Kier molecular flexibility index (Phi) is 5.81. The molecule has 2 aromatic heterocycles. The molecule has 0 bridgehead atoms. The highest BCUT2D eigenvalue weighted by Crippen LogP contribution is 2.24. The molecule has 0 spiro atoms. The van der Waals surface area contributed by atoms with Crippen molar-refractivity contribution in [2.75, 3.05) is 19.0 Å². The van der Waals surface area contributed by atoms with E-state index in [9.17, 15) is 9.59 Å². The van der Waals surface area contributed by atoms with E-state index in [2.05, 4.69) is 10.3 Å². The normalized spacial score (nSPS) is 11.0. The first-order chi connectivity index (χ1) is 15.4. The minimum atomic E-state index is -0.234. The van der Waals surface area contributed by atoms with Crippen LogP contribution in [0.2, 0.25) is 0 Å². The number of carbonyl (C=O) groups excluding carboxylic acids is 1. The van der Waals surface area contributed by atoms with Crippen molar-refractivity contribution in [3.8, 4) is 5.69 Å². The number of anilines is 1. The number of rotatable bonds is 6. The van der Waals surface area contributed by atoms with Gasteiger partial charge in [-0.3, -0.25) is 18.7 Å². The molecule has 7 nitrogen and oxygen atoms in total. The lowest BCUT2D eigenvalue weighted by molar-refractivity contribution is -0.121. The maximum absolute atomic E-state index is 13.2. The number of fused-ring (bicyclic) bond motifs is 1. The number of benzene rings is 2. The number of hydrogen-bond acceptors (Lipinski definition) is 4. The van der Waals surface area contributed by atoms with Crippen molar-refractivity contribution < 1.29 is 4.79 Å². The van der Waals surface area contributed by atoms with Gasteiger partial charge >= 0.3 is 0 Å².